The van der Waals surface area contributed by atoms with E-state index in [1.54, 1.807) is 0 Å². The summed E-state index contributed by atoms with van der Waals surface area (Å²) < 4.78 is 21.5. The molecule has 0 saturated heterocycles. The molecule has 0 heterocycles. The van der Waals surface area contributed by atoms with Crippen molar-refractivity contribution >= 4 is 40.6 Å². The average molecular weight is 712 g/mol. The van der Waals surface area contributed by atoms with Crippen LogP contribution >= 0.6 is 0 Å². The molecular weight excluding hydrogens is 670 g/mol. The molecule has 0 saturated carbocycles. The normalized spacial score (nSPS) is 10.5. The van der Waals surface area contributed by atoms with Crippen LogP contribution in [0.15, 0.2) is 147 Å². The monoisotopic (exact) mass is 711 g/mol. The first-order valence-corrected chi connectivity index (χ1v) is 17.0. The molecule has 9 heteroatoms. The van der Waals surface area contributed by atoms with E-state index in [2.05, 4.69) is 24.1 Å². The average Bonchev–Trinajstić information content (AvgIpc) is 3.21. The van der Waals surface area contributed by atoms with Crippen LogP contribution in [-0.4, -0.2) is 48.6 Å². The highest BCUT2D eigenvalue weighted by Gasteiger charge is 2.14. The van der Waals surface area contributed by atoms with Gasteiger partial charge in [-0.05, 0) is 100 Å². The van der Waals surface area contributed by atoms with Crippen molar-refractivity contribution in [2.75, 3.05) is 31.3 Å². The fourth-order valence-electron chi connectivity index (χ4n) is 5.39. The van der Waals surface area contributed by atoms with Gasteiger partial charge in [0.2, 0.25) is 0 Å². The molecule has 53 heavy (non-hydrogen) atoms. The van der Waals surface area contributed by atoms with Crippen LogP contribution in [0.1, 0.15) is 27.8 Å². The summed E-state index contributed by atoms with van der Waals surface area (Å²) in [5.41, 5.74) is 8.10. The number of carbonyl (C=O) groups excluding carboxylic acids is 2. The van der Waals surface area contributed by atoms with Crippen LogP contribution in [0.3, 0.4) is 0 Å². The first-order valence-electron chi connectivity index (χ1n) is 17.0. The lowest BCUT2D eigenvalue weighted by Crippen LogP contribution is -2.10. The number of esters is 2. The second kappa shape index (κ2) is 19.3. The molecule has 5 aromatic rings. The van der Waals surface area contributed by atoms with Crippen LogP contribution in [0.5, 0.6) is 11.5 Å². The van der Waals surface area contributed by atoms with Crippen LogP contribution in [0.25, 0.3) is 11.6 Å². The second-order valence-electron chi connectivity index (χ2n) is 11.6. The third kappa shape index (κ3) is 10.8. The van der Waals surface area contributed by atoms with E-state index in [-0.39, 0.29) is 39.6 Å². The van der Waals surface area contributed by atoms with Crippen molar-refractivity contribution in [3.8, 4) is 11.5 Å². The van der Waals surface area contributed by atoms with E-state index in [0.717, 1.165) is 62.6 Å². The van der Waals surface area contributed by atoms with E-state index < -0.39 is 11.9 Å². The number of nitrogens with zero attached hydrogens (tertiary/aromatic N) is 1. The molecule has 0 bridgehead atoms. The molecule has 0 aliphatic carbocycles. The van der Waals surface area contributed by atoms with Gasteiger partial charge in [0.05, 0.1) is 13.2 Å². The number of hydrogen-bond donors (Lipinski definition) is 2. The molecule has 0 unspecified atom stereocenters. The van der Waals surface area contributed by atoms with Gasteiger partial charge >= 0.3 is 11.9 Å². The van der Waals surface area contributed by atoms with Crippen molar-refractivity contribution in [2.24, 2.45) is 0 Å². The van der Waals surface area contributed by atoms with Crippen LogP contribution in [0, 0.1) is 0 Å². The van der Waals surface area contributed by atoms with Crippen molar-refractivity contribution in [1.29, 1.82) is 0 Å². The highest BCUT2D eigenvalue weighted by molar-refractivity contribution is 5.92. The van der Waals surface area contributed by atoms with E-state index >= 15 is 0 Å². The Morgan fingerprint density at radius 1 is 0.566 bits per heavy atom. The summed E-state index contributed by atoms with van der Waals surface area (Å²) in [7, 11) is 0. The van der Waals surface area contributed by atoms with Crippen LogP contribution in [-0.2, 0) is 32.3 Å². The molecule has 5 rings (SSSR count). The van der Waals surface area contributed by atoms with Gasteiger partial charge in [-0.3, -0.25) is 0 Å². The van der Waals surface area contributed by atoms with Crippen molar-refractivity contribution in [1.82, 2.24) is 0 Å². The quantitative estimate of drug-likeness (QED) is 0.0405. The Hall–Kier alpha value is -6.42. The minimum absolute atomic E-state index is 0.0460. The van der Waals surface area contributed by atoms with Gasteiger partial charge in [0.1, 0.15) is 37.9 Å². The molecule has 0 aromatic heterocycles. The van der Waals surface area contributed by atoms with Gasteiger partial charge in [-0.25, -0.2) is 9.59 Å². The molecule has 0 aliphatic rings. The number of hydrogen-bond acceptors (Lipinski definition) is 9. The van der Waals surface area contributed by atoms with Crippen molar-refractivity contribution in [3.63, 3.8) is 0 Å². The number of anilines is 3. The van der Waals surface area contributed by atoms with Gasteiger partial charge in [0.25, 0.3) is 0 Å². The molecule has 2 N–H and O–H groups in total. The molecule has 0 aliphatic heterocycles. The minimum atomic E-state index is -0.500. The van der Waals surface area contributed by atoms with Crippen molar-refractivity contribution in [2.45, 2.75) is 13.2 Å². The smallest absolute Gasteiger partial charge is 0.330 e. The summed E-state index contributed by atoms with van der Waals surface area (Å²) in [5, 5.41) is 19.4. The van der Waals surface area contributed by atoms with E-state index in [0.29, 0.717) is 11.5 Å². The van der Waals surface area contributed by atoms with Crippen LogP contribution < -0.4 is 14.4 Å². The maximum absolute atomic E-state index is 11.3. The Morgan fingerprint density at radius 3 is 1.53 bits per heavy atom. The third-order valence-corrected chi connectivity index (χ3v) is 8.05. The summed E-state index contributed by atoms with van der Waals surface area (Å²) in [6.45, 7) is 7.29. The lowest BCUT2D eigenvalue weighted by molar-refractivity contribution is -0.139. The molecule has 0 radical (unpaired) electrons. The zero-order valence-electron chi connectivity index (χ0n) is 29.2. The largest absolute Gasteiger partial charge is 0.490 e. The molecular formula is C44H41NO8. The Labute approximate surface area is 309 Å². The highest BCUT2D eigenvalue weighted by Crippen LogP contribution is 2.36. The zero-order valence-corrected chi connectivity index (χ0v) is 29.2. The minimum Gasteiger partial charge on any atom is -0.490 e. The van der Waals surface area contributed by atoms with Gasteiger partial charge in [-0.15, -0.1) is 0 Å². The fourth-order valence-corrected chi connectivity index (χ4v) is 5.39. The highest BCUT2D eigenvalue weighted by atomic mass is 16.6. The molecule has 5 aromatic carbocycles. The molecule has 9 nitrogen and oxygen atoms in total. The van der Waals surface area contributed by atoms with E-state index in [1.807, 2.05) is 121 Å². The van der Waals surface area contributed by atoms with E-state index in [1.165, 1.54) is 0 Å². The number of benzene rings is 5. The lowest BCUT2D eigenvalue weighted by atomic mass is 9.95. The maximum atomic E-state index is 11.3. The summed E-state index contributed by atoms with van der Waals surface area (Å²) in [6.07, 6.45) is 4.33. The maximum Gasteiger partial charge on any atom is 0.330 e. The molecule has 0 spiro atoms. The van der Waals surface area contributed by atoms with Crippen molar-refractivity contribution in [3.05, 3.63) is 174 Å². The molecule has 0 atom stereocenters. The standard InChI is InChI=1S/C44H41NO8/c1-3-43(48)52-26-24-50-40-20-12-35(13-21-40)42(36-14-22-41(23-15-36)51-25-27-53-44(49)4-2)29-32-8-16-37(17-9-32)45(38-18-10-33(30-46)11-19-38)39-7-5-6-34(28-39)31-47/h3-23,28-29,46-47H,1-2,24-27,30-31H2. The number of ether oxygens (including phenoxy) is 4. The van der Waals surface area contributed by atoms with Crippen LogP contribution in [0.2, 0.25) is 0 Å². The predicted molar refractivity (Wildman–Crippen MR) is 206 cm³/mol. The Bertz CT molecular complexity index is 1930. The number of aliphatic hydroxyl groups is 2. The predicted octanol–water partition coefficient (Wildman–Crippen LogP) is 7.95. The zero-order chi connectivity index (χ0) is 37.4. The van der Waals surface area contributed by atoms with E-state index in [9.17, 15) is 19.8 Å². The van der Waals surface area contributed by atoms with E-state index in [4.69, 9.17) is 18.9 Å². The van der Waals surface area contributed by atoms with Gasteiger partial charge in [-0.1, -0.05) is 73.8 Å². The first-order chi connectivity index (χ1) is 25.9. The first kappa shape index (κ1) is 37.8. The summed E-state index contributed by atoms with van der Waals surface area (Å²) in [5.74, 6) is 0.259. The van der Waals surface area contributed by atoms with Gasteiger partial charge in [0.15, 0.2) is 0 Å². The molecule has 270 valence electrons. The van der Waals surface area contributed by atoms with Gasteiger partial charge < -0.3 is 34.1 Å². The Morgan fingerprint density at radius 2 is 1.06 bits per heavy atom. The second-order valence-corrected chi connectivity index (χ2v) is 11.6. The SMILES string of the molecule is C=CC(=O)OCCOc1ccc(C(=Cc2ccc(N(c3ccc(CO)cc3)c3cccc(CO)c3)cc2)c2ccc(OCCOC(=O)C=C)cc2)cc1. The summed E-state index contributed by atoms with van der Waals surface area (Å²) >= 11 is 0. The van der Waals surface area contributed by atoms with Crippen molar-refractivity contribution < 1.29 is 38.7 Å². The summed E-state index contributed by atoms with van der Waals surface area (Å²) in [6, 6.07) is 39.0. The summed E-state index contributed by atoms with van der Waals surface area (Å²) in [4.78, 5) is 24.8. The number of aliphatic hydroxyl groups excluding tert-OH is 2. The fraction of sp³-hybridized carbons (Fsp3) is 0.136. The van der Waals surface area contributed by atoms with Gasteiger partial charge in [0, 0.05) is 29.2 Å². The molecule has 0 fully saturated rings. The number of carbonyl (C=O) groups is 2. The van der Waals surface area contributed by atoms with Gasteiger partial charge in [-0.2, -0.15) is 0 Å². The lowest BCUT2D eigenvalue weighted by Gasteiger charge is -2.26. The third-order valence-electron chi connectivity index (χ3n) is 8.05. The number of rotatable bonds is 18. The molecule has 0 amide bonds. The van der Waals surface area contributed by atoms with Crippen LogP contribution in [0.4, 0.5) is 17.1 Å². The topological polar surface area (TPSA) is 115 Å². The Balaban J connectivity index is 1.44. The Kier molecular flexibility index (Phi) is 13.7.